The molecule has 0 aliphatic heterocycles. The van der Waals surface area contributed by atoms with E-state index in [4.69, 9.17) is 5.14 Å². The summed E-state index contributed by atoms with van der Waals surface area (Å²) in [4.78, 5) is 11.1. The summed E-state index contributed by atoms with van der Waals surface area (Å²) in [7, 11) is -3.88. The molecule has 0 spiro atoms. The SMILES string of the molecule is Cc1cc(S(N)(=O)=O)ccc1NC(=O)NCC(F)(F)F. The van der Waals surface area contributed by atoms with E-state index in [1.54, 1.807) is 5.32 Å². The molecule has 112 valence electrons. The van der Waals surface area contributed by atoms with Crippen LogP contribution in [0.15, 0.2) is 23.1 Å². The number of amides is 2. The first kappa shape index (κ1) is 16.2. The highest BCUT2D eigenvalue weighted by atomic mass is 32.2. The summed E-state index contributed by atoms with van der Waals surface area (Å²) in [5.41, 5.74) is 0.524. The molecule has 4 N–H and O–H groups in total. The molecular weight excluding hydrogens is 299 g/mol. The Morgan fingerprint density at radius 2 is 1.95 bits per heavy atom. The van der Waals surface area contributed by atoms with Gasteiger partial charge in [-0.1, -0.05) is 0 Å². The van der Waals surface area contributed by atoms with Crippen molar-refractivity contribution in [1.29, 1.82) is 0 Å². The van der Waals surface area contributed by atoms with Gasteiger partial charge in [-0.2, -0.15) is 13.2 Å². The molecule has 0 saturated carbocycles. The van der Waals surface area contributed by atoms with E-state index in [0.29, 0.717) is 5.56 Å². The molecule has 1 aromatic carbocycles. The summed E-state index contributed by atoms with van der Waals surface area (Å²) in [5.74, 6) is 0. The number of rotatable bonds is 3. The molecule has 1 aromatic rings. The molecule has 0 aliphatic carbocycles. The molecule has 0 aliphatic rings. The van der Waals surface area contributed by atoms with Gasteiger partial charge in [-0.15, -0.1) is 0 Å². The molecular formula is C10H12F3N3O3S. The quantitative estimate of drug-likeness (QED) is 0.784. The van der Waals surface area contributed by atoms with Crippen molar-refractivity contribution in [3.63, 3.8) is 0 Å². The van der Waals surface area contributed by atoms with Crippen LogP contribution in [0, 0.1) is 6.92 Å². The average Bonchev–Trinajstić information content (AvgIpc) is 2.27. The molecule has 0 unspecified atom stereocenters. The van der Waals surface area contributed by atoms with Crippen molar-refractivity contribution in [2.24, 2.45) is 5.14 Å². The fourth-order valence-corrected chi connectivity index (χ4v) is 1.90. The fourth-order valence-electron chi connectivity index (χ4n) is 1.30. The van der Waals surface area contributed by atoms with E-state index in [1.165, 1.54) is 19.1 Å². The standard InChI is InChI=1S/C10H12F3N3O3S/c1-6-4-7(20(14,18)19)2-3-8(6)16-9(17)15-5-10(11,12)13/h2-4H,5H2,1H3,(H2,14,18,19)(H2,15,16,17). The lowest BCUT2D eigenvalue weighted by molar-refractivity contribution is -0.122. The van der Waals surface area contributed by atoms with Crippen LogP contribution in [0.2, 0.25) is 0 Å². The molecule has 0 saturated heterocycles. The maximum Gasteiger partial charge on any atom is 0.405 e. The number of alkyl halides is 3. The van der Waals surface area contributed by atoms with Gasteiger partial charge < -0.3 is 10.6 Å². The van der Waals surface area contributed by atoms with Crippen LogP contribution in [0.3, 0.4) is 0 Å². The summed E-state index contributed by atoms with van der Waals surface area (Å²) >= 11 is 0. The number of hydrogen-bond acceptors (Lipinski definition) is 3. The largest absolute Gasteiger partial charge is 0.405 e. The van der Waals surface area contributed by atoms with Gasteiger partial charge >= 0.3 is 12.2 Å². The lowest BCUT2D eigenvalue weighted by Crippen LogP contribution is -2.36. The predicted molar refractivity (Wildman–Crippen MR) is 65.6 cm³/mol. The number of nitrogens with one attached hydrogen (secondary N) is 2. The Bertz CT molecular complexity index is 614. The highest BCUT2D eigenvalue weighted by Gasteiger charge is 2.27. The number of nitrogens with two attached hydrogens (primary N) is 1. The van der Waals surface area contributed by atoms with E-state index in [-0.39, 0.29) is 10.6 Å². The first-order valence-electron chi connectivity index (χ1n) is 5.24. The van der Waals surface area contributed by atoms with Crippen molar-refractivity contribution in [3.05, 3.63) is 23.8 Å². The minimum absolute atomic E-state index is 0.156. The van der Waals surface area contributed by atoms with Gasteiger partial charge in [-0.25, -0.2) is 18.4 Å². The summed E-state index contributed by atoms with van der Waals surface area (Å²) in [6, 6.07) is 2.53. The Labute approximate surface area is 113 Å². The first-order chi connectivity index (χ1) is 8.99. The molecule has 0 aromatic heterocycles. The number of urea groups is 1. The maximum atomic E-state index is 11.9. The molecule has 6 nitrogen and oxygen atoms in total. The van der Waals surface area contributed by atoms with Crippen LogP contribution in [0.25, 0.3) is 0 Å². The van der Waals surface area contributed by atoms with Crippen molar-refractivity contribution in [1.82, 2.24) is 5.32 Å². The van der Waals surface area contributed by atoms with Gasteiger partial charge in [0.05, 0.1) is 4.90 Å². The predicted octanol–water partition coefficient (Wildman–Crippen LogP) is 1.33. The van der Waals surface area contributed by atoms with Gasteiger partial charge in [0.1, 0.15) is 6.54 Å². The van der Waals surface area contributed by atoms with E-state index >= 15 is 0 Å². The van der Waals surface area contributed by atoms with Gasteiger partial charge in [0.2, 0.25) is 10.0 Å². The van der Waals surface area contributed by atoms with E-state index < -0.39 is 28.8 Å². The first-order valence-corrected chi connectivity index (χ1v) is 6.79. The Hall–Kier alpha value is -1.81. The van der Waals surface area contributed by atoms with Crippen molar-refractivity contribution in [2.75, 3.05) is 11.9 Å². The molecule has 0 radical (unpaired) electrons. The van der Waals surface area contributed by atoms with Crippen LogP contribution in [-0.2, 0) is 10.0 Å². The zero-order chi connectivity index (χ0) is 15.6. The number of aryl methyl sites for hydroxylation is 1. The molecule has 10 heteroatoms. The van der Waals surface area contributed by atoms with Crippen molar-refractivity contribution in [3.8, 4) is 0 Å². The van der Waals surface area contributed by atoms with Crippen LogP contribution >= 0.6 is 0 Å². The van der Waals surface area contributed by atoms with Crippen molar-refractivity contribution in [2.45, 2.75) is 18.0 Å². The van der Waals surface area contributed by atoms with E-state index in [1.807, 2.05) is 0 Å². The summed E-state index contributed by atoms with van der Waals surface area (Å²) in [6.45, 7) is 0.0151. The summed E-state index contributed by atoms with van der Waals surface area (Å²) in [5, 5.41) is 8.72. The molecule has 0 heterocycles. The number of primary sulfonamides is 1. The van der Waals surface area contributed by atoms with Crippen molar-refractivity contribution >= 4 is 21.7 Å². The van der Waals surface area contributed by atoms with Gasteiger partial charge in [0.15, 0.2) is 0 Å². The lowest BCUT2D eigenvalue weighted by Gasteiger charge is -2.12. The minimum Gasteiger partial charge on any atom is -0.329 e. The Morgan fingerprint density at radius 3 is 2.40 bits per heavy atom. The van der Waals surface area contributed by atoms with Crippen LogP contribution < -0.4 is 15.8 Å². The number of carbonyl (C=O) groups is 1. The summed E-state index contributed by atoms with van der Waals surface area (Å²) in [6.07, 6.45) is -4.51. The molecule has 2 amide bonds. The Balaban J connectivity index is 2.77. The van der Waals surface area contributed by atoms with Gasteiger partial charge in [0, 0.05) is 5.69 Å². The monoisotopic (exact) mass is 311 g/mol. The number of anilines is 1. The lowest BCUT2D eigenvalue weighted by atomic mass is 10.2. The zero-order valence-corrected chi connectivity index (χ0v) is 11.1. The molecule has 0 bridgehead atoms. The average molecular weight is 311 g/mol. The second-order valence-corrected chi connectivity index (χ2v) is 5.51. The second kappa shape index (κ2) is 5.67. The van der Waals surface area contributed by atoms with Crippen LogP contribution in [-0.4, -0.2) is 27.2 Å². The van der Waals surface area contributed by atoms with Gasteiger partial charge in [-0.3, -0.25) is 0 Å². The highest BCUT2D eigenvalue weighted by molar-refractivity contribution is 7.89. The Morgan fingerprint density at radius 1 is 1.35 bits per heavy atom. The number of benzene rings is 1. The summed E-state index contributed by atoms with van der Waals surface area (Å²) < 4.78 is 57.9. The van der Waals surface area contributed by atoms with Gasteiger partial charge in [-0.05, 0) is 30.7 Å². The third-order valence-corrected chi connectivity index (χ3v) is 3.13. The van der Waals surface area contributed by atoms with Crippen LogP contribution in [0.5, 0.6) is 0 Å². The Kier molecular flexibility index (Phi) is 4.61. The minimum atomic E-state index is -4.51. The van der Waals surface area contributed by atoms with Crippen LogP contribution in [0.4, 0.5) is 23.7 Å². The van der Waals surface area contributed by atoms with E-state index in [9.17, 15) is 26.4 Å². The zero-order valence-electron chi connectivity index (χ0n) is 10.3. The third-order valence-electron chi connectivity index (χ3n) is 2.22. The molecule has 20 heavy (non-hydrogen) atoms. The normalized spacial score (nSPS) is 12.1. The number of sulfonamides is 1. The fraction of sp³-hybridized carbons (Fsp3) is 0.300. The topological polar surface area (TPSA) is 101 Å². The number of hydrogen-bond donors (Lipinski definition) is 3. The second-order valence-electron chi connectivity index (χ2n) is 3.94. The maximum absolute atomic E-state index is 11.9. The van der Waals surface area contributed by atoms with Gasteiger partial charge in [0.25, 0.3) is 0 Å². The van der Waals surface area contributed by atoms with E-state index in [0.717, 1.165) is 6.07 Å². The number of carbonyl (C=O) groups excluding carboxylic acids is 1. The van der Waals surface area contributed by atoms with E-state index in [2.05, 4.69) is 5.32 Å². The smallest absolute Gasteiger partial charge is 0.329 e. The molecule has 0 atom stereocenters. The van der Waals surface area contributed by atoms with Crippen molar-refractivity contribution < 1.29 is 26.4 Å². The highest BCUT2D eigenvalue weighted by Crippen LogP contribution is 2.19. The molecule has 0 fully saturated rings. The third kappa shape index (κ3) is 5.05. The van der Waals surface area contributed by atoms with Crippen LogP contribution in [0.1, 0.15) is 5.56 Å². The number of halogens is 3. The molecule has 1 rings (SSSR count).